The number of nitrogens with one attached hydrogen (secondary N) is 2. The Labute approximate surface area is 108 Å². The van der Waals surface area contributed by atoms with Crippen molar-refractivity contribution in [2.24, 2.45) is 0 Å². The van der Waals surface area contributed by atoms with Gasteiger partial charge in [0.15, 0.2) is 0 Å². The summed E-state index contributed by atoms with van der Waals surface area (Å²) in [6, 6.07) is 6.35. The fourth-order valence-corrected chi connectivity index (χ4v) is 2.45. The lowest BCUT2D eigenvalue weighted by Crippen LogP contribution is -2.42. The highest BCUT2D eigenvalue weighted by Crippen LogP contribution is 2.27. The van der Waals surface area contributed by atoms with Gasteiger partial charge in [-0.15, -0.1) is 0 Å². The zero-order valence-electron chi connectivity index (χ0n) is 10.6. The topological polar surface area (TPSA) is 42.5 Å². The lowest BCUT2D eigenvalue weighted by molar-refractivity contribution is 0.0372. The molecular formula is C14H20N2O2. The molecule has 98 valence electrons. The van der Waals surface area contributed by atoms with Gasteiger partial charge in [-0.2, -0.15) is 0 Å². The molecule has 4 heteroatoms. The molecule has 1 unspecified atom stereocenters. The fraction of sp³-hybridized carbons (Fsp3) is 0.571. The molecule has 0 aromatic heterocycles. The summed E-state index contributed by atoms with van der Waals surface area (Å²) < 4.78 is 11.3. The van der Waals surface area contributed by atoms with Gasteiger partial charge in [-0.3, -0.25) is 0 Å². The highest BCUT2D eigenvalue weighted by Gasteiger charge is 2.14. The molecule has 0 radical (unpaired) electrons. The van der Waals surface area contributed by atoms with E-state index in [4.69, 9.17) is 9.47 Å². The zero-order chi connectivity index (χ0) is 12.2. The summed E-state index contributed by atoms with van der Waals surface area (Å²) >= 11 is 0. The van der Waals surface area contributed by atoms with Gasteiger partial charge in [0, 0.05) is 25.3 Å². The lowest BCUT2D eigenvalue weighted by atomic mass is 10.1. The van der Waals surface area contributed by atoms with Gasteiger partial charge in [0.2, 0.25) is 0 Å². The van der Waals surface area contributed by atoms with Crippen molar-refractivity contribution in [3.8, 4) is 5.75 Å². The van der Waals surface area contributed by atoms with Crippen LogP contribution in [0.15, 0.2) is 18.2 Å². The number of anilines is 1. The summed E-state index contributed by atoms with van der Waals surface area (Å²) in [5.41, 5.74) is 2.47. The Morgan fingerprint density at radius 3 is 3.22 bits per heavy atom. The van der Waals surface area contributed by atoms with Crippen LogP contribution >= 0.6 is 0 Å². The zero-order valence-corrected chi connectivity index (χ0v) is 10.6. The summed E-state index contributed by atoms with van der Waals surface area (Å²) in [5, 5.41) is 6.78. The average Bonchev–Trinajstić information content (AvgIpc) is 2.46. The third-order valence-corrected chi connectivity index (χ3v) is 3.45. The van der Waals surface area contributed by atoms with Gasteiger partial charge in [0.25, 0.3) is 0 Å². The van der Waals surface area contributed by atoms with Crippen molar-refractivity contribution in [2.75, 3.05) is 38.2 Å². The number of rotatable bonds is 3. The first-order valence-electron chi connectivity index (χ1n) is 6.74. The first-order chi connectivity index (χ1) is 8.92. The molecule has 4 nitrogen and oxygen atoms in total. The van der Waals surface area contributed by atoms with E-state index in [1.54, 1.807) is 0 Å². The number of ether oxygens (including phenoxy) is 2. The van der Waals surface area contributed by atoms with Crippen LogP contribution in [0.2, 0.25) is 0 Å². The smallest absolute Gasteiger partial charge is 0.122 e. The number of fused-ring (bicyclic) bond motifs is 1. The number of benzene rings is 1. The molecule has 0 spiro atoms. The maximum atomic E-state index is 5.66. The SMILES string of the molecule is c1cc2c(cc1NCC1CNCCO1)CCCO2. The first kappa shape index (κ1) is 11.8. The Kier molecular flexibility index (Phi) is 3.67. The monoisotopic (exact) mass is 248 g/mol. The van der Waals surface area contributed by atoms with Crippen LogP contribution in [-0.2, 0) is 11.2 Å². The van der Waals surface area contributed by atoms with Crippen LogP contribution in [0.5, 0.6) is 5.75 Å². The molecule has 1 aromatic carbocycles. The second-order valence-electron chi connectivity index (χ2n) is 4.85. The van der Waals surface area contributed by atoms with Crippen LogP contribution in [0.4, 0.5) is 5.69 Å². The molecule has 0 amide bonds. The summed E-state index contributed by atoms with van der Waals surface area (Å²) in [6.45, 7) is 4.41. The number of aryl methyl sites for hydroxylation is 1. The van der Waals surface area contributed by atoms with E-state index in [1.165, 1.54) is 5.56 Å². The van der Waals surface area contributed by atoms with Gasteiger partial charge in [0.05, 0.1) is 19.3 Å². The predicted octanol–water partition coefficient (Wildman–Crippen LogP) is 1.41. The standard InChI is InChI=1S/C14H20N2O2/c1-2-11-8-12(3-4-14(11)18-6-1)16-10-13-9-15-5-7-17-13/h3-4,8,13,15-16H,1-2,5-7,9-10H2. The molecule has 1 aromatic rings. The number of morpholine rings is 1. The Morgan fingerprint density at radius 1 is 1.33 bits per heavy atom. The van der Waals surface area contributed by atoms with Crippen LogP contribution in [0.25, 0.3) is 0 Å². The lowest BCUT2D eigenvalue weighted by Gasteiger charge is -2.24. The summed E-state index contributed by atoms with van der Waals surface area (Å²) in [4.78, 5) is 0. The van der Waals surface area contributed by atoms with Crippen LogP contribution in [0.3, 0.4) is 0 Å². The van der Waals surface area contributed by atoms with Crippen LogP contribution < -0.4 is 15.4 Å². The molecule has 2 heterocycles. The van der Waals surface area contributed by atoms with Crippen molar-refractivity contribution in [3.05, 3.63) is 23.8 Å². The fourth-order valence-electron chi connectivity index (χ4n) is 2.45. The predicted molar refractivity (Wildman–Crippen MR) is 71.4 cm³/mol. The van der Waals surface area contributed by atoms with Crippen molar-refractivity contribution >= 4 is 5.69 Å². The van der Waals surface area contributed by atoms with Crippen LogP contribution in [-0.4, -0.2) is 39.0 Å². The van der Waals surface area contributed by atoms with Gasteiger partial charge < -0.3 is 20.1 Å². The first-order valence-corrected chi connectivity index (χ1v) is 6.74. The Morgan fingerprint density at radius 2 is 2.33 bits per heavy atom. The molecule has 0 bridgehead atoms. The Bertz CT molecular complexity index is 403. The molecular weight excluding hydrogens is 228 g/mol. The third-order valence-electron chi connectivity index (χ3n) is 3.45. The second kappa shape index (κ2) is 5.59. The molecule has 1 fully saturated rings. The summed E-state index contributed by atoms with van der Waals surface area (Å²) in [5.74, 6) is 1.04. The average molecular weight is 248 g/mol. The van der Waals surface area contributed by atoms with E-state index in [0.29, 0.717) is 0 Å². The summed E-state index contributed by atoms with van der Waals surface area (Å²) in [7, 11) is 0. The molecule has 2 N–H and O–H groups in total. The van der Waals surface area contributed by atoms with E-state index < -0.39 is 0 Å². The molecule has 1 saturated heterocycles. The molecule has 2 aliphatic rings. The number of hydrogen-bond acceptors (Lipinski definition) is 4. The van der Waals surface area contributed by atoms with Gasteiger partial charge >= 0.3 is 0 Å². The van der Waals surface area contributed by atoms with Crippen molar-refractivity contribution in [2.45, 2.75) is 18.9 Å². The van der Waals surface area contributed by atoms with Crippen LogP contribution in [0.1, 0.15) is 12.0 Å². The molecule has 0 saturated carbocycles. The van der Waals surface area contributed by atoms with Gasteiger partial charge in [-0.05, 0) is 36.6 Å². The highest BCUT2D eigenvalue weighted by atomic mass is 16.5. The van der Waals surface area contributed by atoms with Gasteiger partial charge in [0.1, 0.15) is 5.75 Å². The molecule has 18 heavy (non-hydrogen) atoms. The normalized spacial score (nSPS) is 23.0. The minimum Gasteiger partial charge on any atom is -0.493 e. The van der Waals surface area contributed by atoms with E-state index in [-0.39, 0.29) is 6.10 Å². The Balaban J connectivity index is 1.58. The third kappa shape index (κ3) is 2.76. The molecule has 0 aliphatic carbocycles. The van der Waals surface area contributed by atoms with Crippen molar-refractivity contribution < 1.29 is 9.47 Å². The highest BCUT2D eigenvalue weighted by molar-refractivity contribution is 5.51. The van der Waals surface area contributed by atoms with E-state index in [9.17, 15) is 0 Å². The summed E-state index contributed by atoms with van der Waals surface area (Å²) in [6.07, 6.45) is 2.50. The minimum absolute atomic E-state index is 0.269. The second-order valence-corrected chi connectivity index (χ2v) is 4.85. The van der Waals surface area contributed by atoms with Crippen molar-refractivity contribution in [3.63, 3.8) is 0 Å². The number of hydrogen-bond donors (Lipinski definition) is 2. The molecule has 3 rings (SSSR count). The van der Waals surface area contributed by atoms with Gasteiger partial charge in [-0.25, -0.2) is 0 Å². The maximum absolute atomic E-state index is 5.66. The van der Waals surface area contributed by atoms with E-state index >= 15 is 0 Å². The molecule has 1 atom stereocenters. The quantitative estimate of drug-likeness (QED) is 0.849. The molecule has 2 aliphatic heterocycles. The van der Waals surface area contributed by atoms with E-state index in [2.05, 4.69) is 28.8 Å². The van der Waals surface area contributed by atoms with Crippen LogP contribution in [0, 0.1) is 0 Å². The largest absolute Gasteiger partial charge is 0.493 e. The Hall–Kier alpha value is -1.26. The maximum Gasteiger partial charge on any atom is 0.122 e. The van der Waals surface area contributed by atoms with E-state index in [1.807, 2.05) is 0 Å². The van der Waals surface area contributed by atoms with E-state index in [0.717, 1.165) is 57.1 Å². The van der Waals surface area contributed by atoms with Crippen molar-refractivity contribution in [1.29, 1.82) is 0 Å². The van der Waals surface area contributed by atoms with Crippen molar-refractivity contribution in [1.82, 2.24) is 5.32 Å². The minimum atomic E-state index is 0.269. The van der Waals surface area contributed by atoms with Gasteiger partial charge in [-0.1, -0.05) is 0 Å².